The summed E-state index contributed by atoms with van der Waals surface area (Å²) in [6.07, 6.45) is 4.22. The lowest BCUT2D eigenvalue weighted by Gasteiger charge is -2.13. The van der Waals surface area contributed by atoms with Crippen molar-refractivity contribution in [3.8, 4) is 0 Å². The Hall–Kier alpha value is -0.370. The molecule has 2 unspecified atom stereocenters. The van der Waals surface area contributed by atoms with E-state index in [1.54, 1.807) is 6.92 Å². The van der Waals surface area contributed by atoms with Crippen molar-refractivity contribution in [2.45, 2.75) is 26.2 Å². The molecule has 0 amide bonds. The molecule has 0 radical (unpaired) electrons. The Kier molecular flexibility index (Phi) is 2.18. The minimum Gasteiger partial charge on any atom is -0.299 e. The molecular weight excluding hydrogens is 150 g/mol. The largest absolute Gasteiger partial charge is 0.299 e. The van der Waals surface area contributed by atoms with E-state index in [1.165, 1.54) is 32.4 Å². The van der Waals surface area contributed by atoms with Gasteiger partial charge in [0.15, 0.2) is 0 Å². The molecule has 2 atom stereocenters. The zero-order valence-electron chi connectivity index (χ0n) is 7.75. The second kappa shape index (κ2) is 3.17. The van der Waals surface area contributed by atoms with Gasteiger partial charge in [0.25, 0.3) is 0 Å². The van der Waals surface area contributed by atoms with Gasteiger partial charge in [-0.15, -0.1) is 0 Å². The molecule has 68 valence electrons. The van der Waals surface area contributed by atoms with Crippen LogP contribution in [-0.2, 0) is 4.79 Å². The molecule has 0 spiro atoms. The molecule has 2 heteroatoms. The van der Waals surface area contributed by atoms with E-state index in [2.05, 4.69) is 4.90 Å². The molecule has 2 aliphatic rings. The monoisotopic (exact) mass is 167 g/mol. The minimum absolute atomic E-state index is 0.315. The second-order valence-electron chi connectivity index (χ2n) is 4.35. The van der Waals surface area contributed by atoms with E-state index >= 15 is 0 Å². The van der Waals surface area contributed by atoms with Gasteiger partial charge >= 0.3 is 0 Å². The number of fused-ring (bicyclic) bond motifs is 1. The number of carbonyl (C=O) groups is 1. The molecule has 0 N–H and O–H groups in total. The molecule has 0 aromatic heterocycles. The van der Waals surface area contributed by atoms with Crippen LogP contribution in [0.3, 0.4) is 0 Å². The maximum absolute atomic E-state index is 10.9. The summed E-state index contributed by atoms with van der Waals surface area (Å²) in [5, 5.41) is 0. The first kappa shape index (κ1) is 8.24. The highest BCUT2D eigenvalue weighted by molar-refractivity contribution is 5.77. The third-order valence-corrected chi connectivity index (χ3v) is 3.25. The SMILES string of the molecule is CC(=O)CN1CC2CCCC2C1. The Morgan fingerprint density at radius 1 is 1.33 bits per heavy atom. The molecule has 1 heterocycles. The van der Waals surface area contributed by atoms with Gasteiger partial charge in [-0.05, 0) is 31.6 Å². The van der Waals surface area contributed by atoms with Gasteiger partial charge in [0.1, 0.15) is 5.78 Å². The van der Waals surface area contributed by atoms with Crippen LogP contribution in [0.2, 0.25) is 0 Å². The smallest absolute Gasteiger partial charge is 0.143 e. The molecule has 1 aliphatic heterocycles. The van der Waals surface area contributed by atoms with Crippen molar-refractivity contribution < 1.29 is 4.79 Å². The molecule has 1 saturated carbocycles. The molecule has 0 aromatic carbocycles. The summed E-state index contributed by atoms with van der Waals surface area (Å²) < 4.78 is 0. The lowest BCUT2D eigenvalue weighted by Crippen LogP contribution is -2.27. The number of hydrogen-bond donors (Lipinski definition) is 0. The van der Waals surface area contributed by atoms with Crippen LogP contribution < -0.4 is 0 Å². The summed E-state index contributed by atoms with van der Waals surface area (Å²) in [7, 11) is 0. The maximum atomic E-state index is 10.9. The van der Waals surface area contributed by atoms with Crippen LogP contribution in [0.15, 0.2) is 0 Å². The molecule has 0 bridgehead atoms. The van der Waals surface area contributed by atoms with Gasteiger partial charge in [0, 0.05) is 13.1 Å². The van der Waals surface area contributed by atoms with Crippen molar-refractivity contribution in [1.82, 2.24) is 4.90 Å². The van der Waals surface area contributed by atoms with Crippen molar-refractivity contribution in [2.75, 3.05) is 19.6 Å². The van der Waals surface area contributed by atoms with E-state index in [4.69, 9.17) is 0 Å². The highest BCUT2D eigenvalue weighted by atomic mass is 16.1. The van der Waals surface area contributed by atoms with Crippen LogP contribution in [0.5, 0.6) is 0 Å². The third kappa shape index (κ3) is 1.53. The zero-order chi connectivity index (χ0) is 8.55. The predicted molar refractivity (Wildman–Crippen MR) is 48.0 cm³/mol. The van der Waals surface area contributed by atoms with E-state index in [0.717, 1.165) is 11.8 Å². The fraction of sp³-hybridized carbons (Fsp3) is 0.900. The molecule has 1 aliphatic carbocycles. The van der Waals surface area contributed by atoms with Gasteiger partial charge in [0.05, 0.1) is 6.54 Å². The summed E-state index contributed by atoms with van der Waals surface area (Å²) in [6, 6.07) is 0. The van der Waals surface area contributed by atoms with Crippen LogP contribution in [0, 0.1) is 11.8 Å². The van der Waals surface area contributed by atoms with Gasteiger partial charge < -0.3 is 0 Å². The number of ketones is 1. The highest BCUT2D eigenvalue weighted by Crippen LogP contribution is 2.37. The molecule has 2 nitrogen and oxygen atoms in total. The van der Waals surface area contributed by atoms with Crippen LogP contribution in [0.1, 0.15) is 26.2 Å². The Morgan fingerprint density at radius 3 is 2.42 bits per heavy atom. The van der Waals surface area contributed by atoms with Gasteiger partial charge in [-0.3, -0.25) is 9.69 Å². The van der Waals surface area contributed by atoms with Crippen LogP contribution >= 0.6 is 0 Å². The van der Waals surface area contributed by atoms with Gasteiger partial charge in [-0.1, -0.05) is 6.42 Å². The van der Waals surface area contributed by atoms with Crippen LogP contribution in [-0.4, -0.2) is 30.3 Å². The van der Waals surface area contributed by atoms with Crippen LogP contribution in [0.25, 0.3) is 0 Å². The quantitative estimate of drug-likeness (QED) is 0.618. The lowest BCUT2D eigenvalue weighted by molar-refractivity contribution is -0.117. The first-order chi connectivity index (χ1) is 5.75. The Balaban J connectivity index is 1.86. The fourth-order valence-corrected chi connectivity index (χ4v) is 2.78. The summed E-state index contributed by atoms with van der Waals surface area (Å²) in [4.78, 5) is 13.2. The average Bonchev–Trinajstić information content (AvgIpc) is 2.43. The summed E-state index contributed by atoms with van der Waals surface area (Å²) in [5.41, 5.74) is 0. The number of carbonyl (C=O) groups excluding carboxylic acids is 1. The summed E-state index contributed by atoms with van der Waals surface area (Å²) in [5.74, 6) is 2.16. The van der Waals surface area contributed by atoms with Gasteiger partial charge in [-0.25, -0.2) is 0 Å². The van der Waals surface area contributed by atoms with Crippen molar-refractivity contribution in [3.63, 3.8) is 0 Å². The first-order valence-electron chi connectivity index (χ1n) is 4.97. The Bertz CT molecular complexity index is 178. The number of Topliss-reactive ketones (excluding diaryl/α,β-unsaturated/α-hetero) is 1. The second-order valence-corrected chi connectivity index (χ2v) is 4.35. The molecular formula is C10H17NO. The number of hydrogen-bond acceptors (Lipinski definition) is 2. The van der Waals surface area contributed by atoms with Crippen molar-refractivity contribution in [2.24, 2.45) is 11.8 Å². The first-order valence-corrected chi connectivity index (χ1v) is 4.97. The van der Waals surface area contributed by atoms with Crippen molar-refractivity contribution in [1.29, 1.82) is 0 Å². The van der Waals surface area contributed by atoms with E-state index in [1.807, 2.05) is 0 Å². The lowest BCUT2D eigenvalue weighted by atomic mass is 10.0. The molecule has 2 rings (SSSR count). The topological polar surface area (TPSA) is 20.3 Å². The molecule has 0 aromatic rings. The van der Waals surface area contributed by atoms with Crippen LogP contribution in [0.4, 0.5) is 0 Å². The fourth-order valence-electron chi connectivity index (χ4n) is 2.78. The standard InChI is InChI=1S/C10H17NO/c1-8(12)5-11-6-9-3-2-4-10(9)7-11/h9-10H,2-7H2,1H3. The van der Waals surface area contributed by atoms with E-state index in [0.29, 0.717) is 12.3 Å². The summed E-state index contributed by atoms with van der Waals surface area (Å²) >= 11 is 0. The predicted octanol–water partition coefficient (Wildman–Crippen LogP) is 1.31. The van der Waals surface area contributed by atoms with E-state index < -0.39 is 0 Å². The third-order valence-electron chi connectivity index (χ3n) is 3.25. The van der Waals surface area contributed by atoms with Gasteiger partial charge in [-0.2, -0.15) is 0 Å². The Labute approximate surface area is 73.9 Å². The molecule has 1 saturated heterocycles. The average molecular weight is 167 g/mol. The highest BCUT2D eigenvalue weighted by Gasteiger charge is 2.35. The number of rotatable bonds is 2. The number of nitrogens with zero attached hydrogens (tertiary/aromatic N) is 1. The van der Waals surface area contributed by atoms with Crippen molar-refractivity contribution >= 4 is 5.78 Å². The van der Waals surface area contributed by atoms with Gasteiger partial charge in [0.2, 0.25) is 0 Å². The molecule has 12 heavy (non-hydrogen) atoms. The van der Waals surface area contributed by atoms with Crippen molar-refractivity contribution in [3.05, 3.63) is 0 Å². The van der Waals surface area contributed by atoms with E-state index in [-0.39, 0.29) is 0 Å². The zero-order valence-corrected chi connectivity index (χ0v) is 7.75. The molecule has 2 fully saturated rings. The number of likely N-dealkylation sites (tertiary alicyclic amines) is 1. The Morgan fingerprint density at radius 2 is 1.92 bits per heavy atom. The maximum Gasteiger partial charge on any atom is 0.143 e. The summed E-state index contributed by atoms with van der Waals surface area (Å²) in [6.45, 7) is 4.75. The normalized spacial score (nSPS) is 35.4. The van der Waals surface area contributed by atoms with E-state index in [9.17, 15) is 4.79 Å². The minimum atomic E-state index is 0.315.